The molecule has 0 spiro atoms. The van der Waals surface area contributed by atoms with Gasteiger partial charge in [-0.05, 0) is 71.5 Å². The molecule has 0 unspecified atom stereocenters. The number of hydrogen-bond acceptors (Lipinski definition) is 6. The lowest BCUT2D eigenvalue weighted by Crippen LogP contribution is -2.14. The summed E-state index contributed by atoms with van der Waals surface area (Å²) >= 11 is 7.94. The van der Waals surface area contributed by atoms with Crippen molar-refractivity contribution in [1.82, 2.24) is 0 Å². The number of carbonyl (C=O) groups excluding carboxylic acids is 2. The molecule has 2 aromatic carbocycles. The van der Waals surface area contributed by atoms with Gasteiger partial charge in [-0.25, -0.2) is 4.79 Å². The van der Waals surface area contributed by atoms with Crippen molar-refractivity contribution in [2.24, 2.45) is 0 Å². The van der Waals surface area contributed by atoms with Gasteiger partial charge in [-0.3, -0.25) is 4.79 Å². The van der Waals surface area contributed by atoms with Crippen LogP contribution >= 0.6 is 34.2 Å². The molecule has 0 aliphatic heterocycles. The second-order valence-corrected chi connectivity index (χ2v) is 7.36. The van der Waals surface area contributed by atoms with Gasteiger partial charge < -0.3 is 19.5 Å². The van der Waals surface area contributed by atoms with Gasteiger partial charge in [0.1, 0.15) is 11.6 Å². The van der Waals surface area contributed by atoms with Crippen LogP contribution in [0.2, 0.25) is 5.02 Å². The average Bonchev–Trinajstić information content (AvgIpc) is 2.71. The third-order valence-electron chi connectivity index (χ3n) is 3.65. The molecule has 0 aliphatic carbocycles. The van der Waals surface area contributed by atoms with E-state index in [9.17, 15) is 14.9 Å². The predicted octanol–water partition coefficient (Wildman–Crippen LogP) is 4.44. The summed E-state index contributed by atoms with van der Waals surface area (Å²) in [4.78, 5) is 23.9. The Balaban J connectivity index is 2.31. The quantitative estimate of drug-likeness (QED) is 0.230. The van der Waals surface area contributed by atoms with Crippen LogP contribution in [0, 0.1) is 14.9 Å². The van der Waals surface area contributed by atoms with Crippen LogP contribution in [-0.4, -0.2) is 32.2 Å². The van der Waals surface area contributed by atoms with Gasteiger partial charge in [0.15, 0.2) is 18.1 Å². The van der Waals surface area contributed by atoms with Gasteiger partial charge in [-0.1, -0.05) is 17.7 Å². The number of carbonyl (C=O) groups is 2. The minimum absolute atomic E-state index is 0.101. The maximum absolute atomic E-state index is 12.5. The summed E-state index contributed by atoms with van der Waals surface area (Å²) in [6.07, 6.45) is 1.44. The zero-order valence-electron chi connectivity index (χ0n) is 16.2. The highest BCUT2D eigenvalue weighted by molar-refractivity contribution is 14.1. The molecule has 156 valence electrons. The molecule has 0 saturated heterocycles. The van der Waals surface area contributed by atoms with E-state index in [0.29, 0.717) is 37.9 Å². The van der Waals surface area contributed by atoms with E-state index in [0.717, 1.165) is 0 Å². The summed E-state index contributed by atoms with van der Waals surface area (Å²) in [7, 11) is 1.27. The minimum atomic E-state index is -0.571. The minimum Gasteiger partial charge on any atom is -0.490 e. The largest absolute Gasteiger partial charge is 0.490 e. The average molecular weight is 541 g/mol. The summed E-state index contributed by atoms with van der Waals surface area (Å²) in [6, 6.07) is 11.9. The first-order valence-electron chi connectivity index (χ1n) is 8.72. The molecule has 0 saturated carbocycles. The maximum Gasteiger partial charge on any atom is 0.343 e. The molecule has 7 nitrogen and oxygen atoms in total. The highest BCUT2D eigenvalue weighted by atomic mass is 127. The summed E-state index contributed by atoms with van der Waals surface area (Å²) in [6.45, 7) is 1.89. The van der Waals surface area contributed by atoms with Crippen molar-refractivity contribution in [3.8, 4) is 17.6 Å². The van der Waals surface area contributed by atoms with Crippen molar-refractivity contribution in [2.75, 3.05) is 25.6 Å². The van der Waals surface area contributed by atoms with Gasteiger partial charge in [0.05, 0.1) is 17.3 Å². The van der Waals surface area contributed by atoms with E-state index < -0.39 is 11.9 Å². The number of esters is 1. The molecule has 2 rings (SSSR count). The SMILES string of the molecule is CCOc1cc(/C=C(\C#N)C(=O)Nc2cccc(Cl)c2)cc(I)c1OCC(=O)OC. The number of anilines is 1. The molecule has 0 fully saturated rings. The van der Waals surface area contributed by atoms with Crippen LogP contribution in [0.5, 0.6) is 11.5 Å². The van der Waals surface area contributed by atoms with Gasteiger partial charge in [0.25, 0.3) is 5.91 Å². The molecular weight excluding hydrogens is 523 g/mol. The van der Waals surface area contributed by atoms with Gasteiger partial charge >= 0.3 is 5.97 Å². The Labute approximate surface area is 192 Å². The summed E-state index contributed by atoms with van der Waals surface area (Å²) < 4.78 is 16.3. The topological polar surface area (TPSA) is 97.6 Å². The van der Waals surface area contributed by atoms with Crippen molar-refractivity contribution < 1.29 is 23.8 Å². The number of halogens is 2. The Morgan fingerprint density at radius 2 is 2.03 bits per heavy atom. The van der Waals surface area contributed by atoms with Crippen molar-refractivity contribution in [1.29, 1.82) is 5.26 Å². The first-order chi connectivity index (χ1) is 14.4. The molecule has 0 radical (unpaired) electrons. The maximum atomic E-state index is 12.5. The molecule has 1 N–H and O–H groups in total. The second-order valence-electron chi connectivity index (χ2n) is 5.76. The van der Waals surface area contributed by atoms with E-state index in [1.165, 1.54) is 13.2 Å². The second kappa shape index (κ2) is 11.4. The zero-order valence-corrected chi connectivity index (χ0v) is 19.1. The van der Waals surface area contributed by atoms with Gasteiger partial charge in [0, 0.05) is 10.7 Å². The fourth-order valence-electron chi connectivity index (χ4n) is 2.34. The Morgan fingerprint density at radius 3 is 2.67 bits per heavy atom. The van der Waals surface area contributed by atoms with Crippen molar-refractivity contribution in [3.05, 3.63) is 56.1 Å². The van der Waals surface area contributed by atoms with Crippen LogP contribution in [0.4, 0.5) is 5.69 Å². The molecule has 0 heterocycles. The Kier molecular flexibility index (Phi) is 8.95. The highest BCUT2D eigenvalue weighted by Crippen LogP contribution is 2.35. The van der Waals surface area contributed by atoms with E-state index in [1.807, 2.05) is 28.7 Å². The standard InChI is InChI=1S/C21H18ClIN2O5/c1-3-29-18-9-13(8-17(23)20(18)30-12-19(26)28-2)7-14(11-24)21(27)25-16-6-4-5-15(22)10-16/h4-10H,3,12H2,1-2H3,(H,25,27)/b14-7+. The number of rotatable bonds is 8. The Hall–Kier alpha value is -2.77. The van der Waals surface area contributed by atoms with Gasteiger partial charge in [-0.15, -0.1) is 0 Å². The van der Waals surface area contributed by atoms with Crippen LogP contribution in [0.15, 0.2) is 42.0 Å². The molecule has 0 atom stereocenters. The molecule has 9 heteroatoms. The van der Waals surface area contributed by atoms with E-state index >= 15 is 0 Å². The number of ether oxygens (including phenoxy) is 3. The fourth-order valence-corrected chi connectivity index (χ4v) is 3.32. The van der Waals surface area contributed by atoms with Crippen LogP contribution < -0.4 is 14.8 Å². The number of benzene rings is 2. The molecule has 0 bridgehead atoms. The highest BCUT2D eigenvalue weighted by Gasteiger charge is 2.16. The van der Waals surface area contributed by atoms with Crippen LogP contribution in [0.1, 0.15) is 12.5 Å². The third-order valence-corrected chi connectivity index (χ3v) is 4.69. The first-order valence-corrected chi connectivity index (χ1v) is 10.2. The van der Waals surface area contributed by atoms with E-state index in [-0.39, 0.29) is 12.2 Å². The first kappa shape index (κ1) is 23.5. The lowest BCUT2D eigenvalue weighted by atomic mass is 10.1. The predicted molar refractivity (Wildman–Crippen MR) is 122 cm³/mol. The van der Waals surface area contributed by atoms with Gasteiger partial charge in [0.2, 0.25) is 0 Å². The molecule has 0 aliphatic rings. The summed E-state index contributed by atoms with van der Waals surface area (Å²) in [5, 5.41) is 12.5. The van der Waals surface area contributed by atoms with Crippen molar-refractivity contribution >= 4 is 57.8 Å². The molecular formula is C21H18ClIN2O5. The summed E-state index contributed by atoms with van der Waals surface area (Å²) in [5.74, 6) is -0.339. The normalized spacial score (nSPS) is 10.7. The smallest absolute Gasteiger partial charge is 0.343 e. The zero-order chi connectivity index (χ0) is 22.1. The lowest BCUT2D eigenvalue weighted by Gasteiger charge is -2.14. The van der Waals surface area contributed by atoms with E-state index in [1.54, 1.807) is 43.3 Å². The van der Waals surface area contributed by atoms with E-state index in [4.69, 9.17) is 21.1 Å². The van der Waals surface area contributed by atoms with Crippen molar-refractivity contribution in [2.45, 2.75) is 6.92 Å². The molecule has 2 aromatic rings. The van der Waals surface area contributed by atoms with E-state index in [2.05, 4.69) is 10.1 Å². The van der Waals surface area contributed by atoms with Crippen LogP contribution in [-0.2, 0) is 14.3 Å². The summed E-state index contributed by atoms with van der Waals surface area (Å²) in [5.41, 5.74) is 0.937. The van der Waals surface area contributed by atoms with Crippen molar-refractivity contribution in [3.63, 3.8) is 0 Å². The number of nitrogens with zero attached hydrogens (tertiary/aromatic N) is 1. The number of amides is 1. The third kappa shape index (κ3) is 6.64. The van der Waals surface area contributed by atoms with Crippen LogP contribution in [0.25, 0.3) is 6.08 Å². The Morgan fingerprint density at radius 1 is 1.27 bits per heavy atom. The fraction of sp³-hybridized carbons (Fsp3) is 0.190. The number of nitrogens with one attached hydrogen (secondary N) is 1. The number of methoxy groups -OCH3 is 1. The Bertz CT molecular complexity index is 1020. The van der Waals surface area contributed by atoms with Crippen LogP contribution in [0.3, 0.4) is 0 Å². The molecule has 30 heavy (non-hydrogen) atoms. The lowest BCUT2D eigenvalue weighted by molar-refractivity contribution is -0.142. The number of nitriles is 1. The number of hydrogen-bond donors (Lipinski definition) is 1. The van der Waals surface area contributed by atoms with Gasteiger partial charge in [-0.2, -0.15) is 5.26 Å². The molecule has 0 aromatic heterocycles. The molecule has 1 amide bonds. The monoisotopic (exact) mass is 540 g/mol.